The number of ether oxygens (including phenoxy) is 1. The van der Waals surface area contributed by atoms with Crippen molar-refractivity contribution >= 4 is 35.4 Å². The van der Waals surface area contributed by atoms with Gasteiger partial charge in [0.1, 0.15) is 5.75 Å². The van der Waals surface area contributed by atoms with Gasteiger partial charge >= 0.3 is 5.97 Å². The maximum atomic E-state index is 12.0. The van der Waals surface area contributed by atoms with Crippen LogP contribution in [0.15, 0.2) is 59.5 Å². The van der Waals surface area contributed by atoms with Gasteiger partial charge in [0.25, 0.3) is 0 Å². The largest absolute Gasteiger partial charge is 0.494 e. The van der Waals surface area contributed by atoms with Gasteiger partial charge in [-0.2, -0.15) is 0 Å². The molecule has 0 unspecified atom stereocenters. The van der Waals surface area contributed by atoms with Crippen molar-refractivity contribution in [1.82, 2.24) is 0 Å². The molecule has 0 aliphatic heterocycles. The Balaban J connectivity index is 1.92. The van der Waals surface area contributed by atoms with Crippen LogP contribution in [0.2, 0.25) is 0 Å². The summed E-state index contributed by atoms with van der Waals surface area (Å²) in [5.74, 6) is -0.580. The maximum Gasteiger partial charge on any atom is 0.342 e. The molecular formula is C19H19NO4S. The SMILES string of the molecule is CCOc1ccc(NC(=O)CS/C(=C/c2ccccc2)C(=O)O)cc1. The Labute approximate surface area is 150 Å². The number of aliphatic carboxylic acids is 1. The van der Waals surface area contributed by atoms with E-state index >= 15 is 0 Å². The lowest BCUT2D eigenvalue weighted by Crippen LogP contribution is -2.15. The summed E-state index contributed by atoms with van der Waals surface area (Å²) in [5.41, 5.74) is 1.41. The summed E-state index contributed by atoms with van der Waals surface area (Å²) in [4.78, 5) is 23.5. The van der Waals surface area contributed by atoms with Gasteiger partial charge in [0.2, 0.25) is 5.91 Å². The van der Waals surface area contributed by atoms with Crippen LogP contribution < -0.4 is 10.1 Å². The Kier molecular flexibility index (Phi) is 7.10. The number of carboxylic acid groups (broad SMARTS) is 1. The lowest BCUT2D eigenvalue weighted by Gasteiger charge is -2.07. The molecule has 0 radical (unpaired) electrons. The summed E-state index contributed by atoms with van der Waals surface area (Å²) in [7, 11) is 0. The van der Waals surface area contributed by atoms with Crippen LogP contribution in [0, 0.1) is 0 Å². The van der Waals surface area contributed by atoms with E-state index in [-0.39, 0.29) is 16.6 Å². The number of hydrogen-bond donors (Lipinski definition) is 2. The van der Waals surface area contributed by atoms with Crippen LogP contribution in [0.3, 0.4) is 0 Å². The van der Waals surface area contributed by atoms with Gasteiger partial charge in [0.05, 0.1) is 17.3 Å². The molecule has 0 saturated heterocycles. The van der Waals surface area contributed by atoms with E-state index in [0.717, 1.165) is 23.1 Å². The quantitative estimate of drug-likeness (QED) is 0.701. The minimum Gasteiger partial charge on any atom is -0.494 e. The van der Waals surface area contributed by atoms with Crippen LogP contribution in [0.4, 0.5) is 5.69 Å². The molecule has 5 nitrogen and oxygen atoms in total. The minimum atomic E-state index is -1.05. The van der Waals surface area contributed by atoms with E-state index in [1.54, 1.807) is 30.3 Å². The number of thioether (sulfide) groups is 1. The first-order valence-corrected chi connectivity index (χ1v) is 8.72. The van der Waals surface area contributed by atoms with Gasteiger partial charge in [0.15, 0.2) is 0 Å². The van der Waals surface area contributed by atoms with Gasteiger partial charge in [-0.25, -0.2) is 4.79 Å². The zero-order valence-corrected chi connectivity index (χ0v) is 14.6. The van der Waals surface area contributed by atoms with E-state index in [1.165, 1.54) is 0 Å². The van der Waals surface area contributed by atoms with Gasteiger partial charge in [0, 0.05) is 5.69 Å². The molecule has 0 aliphatic carbocycles. The van der Waals surface area contributed by atoms with E-state index in [4.69, 9.17) is 4.74 Å². The van der Waals surface area contributed by atoms with E-state index < -0.39 is 5.97 Å². The molecule has 6 heteroatoms. The van der Waals surface area contributed by atoms with E-state index in [0.29, 0.717) is 12.3 Å². The average Bonchev–Trinajstić information content (AvgIpc) is 2.61. The minimum absolute atomic E-state index is 0.0121. The number of anilines is 1. The molecule has 2 aromatic rings. The zero-order valence-electron chi connectivity index (χ0n) is 13.8. The van der Waals surface area contributed by atoms with Crippen LogP contribution >= 0.6 is 11.8 Å². The normalized spacial score (nSPS) is 11.0. The monoisotopic (exact) mass is 357 g/mol. The number of amides is 1. The van der Waals surface area contributed by atoms with Gasteiger partial charge in [-0.05, 0) is 42.8 Å². The average molecular weight is 357 g/mol. The molecule has 0 aromatic heterocycles. The van der Waals surface area contributed by atoms with E-state index in [9.17, 15) is 14.7 Å². The Morgan fingerprint density at radius 3 is 2.40 bits per heavy atom. The first kappa shape index (κ1) is 18.6. The molecule has 0 bridgehead atoms. The standard InChI is InChI=1S/C19H19NO4S/c1-2-24-16-10-8-15(9-11-16)20-18(21)13-25-17(19(22)23)12-14-6-4-3-5-7-14/h3-12H,2,13H2,1H3,(H,20,21)(H,22,23)/b17-12+. The van der Waals surface area contributed by atoms with Crippen molar-refractivity contribution in [3.63, 3.8) is 0 Å². The molecule has 2 aromatic carbocycles. The van der Waals surface area contributed by atoms with Crippen molar-refractivity contribution in [2.75, 3.05) is 17.7 Å². The molecule has 0 saturated carbocycles. The number of hydrogen-bond acceptors (Lipinski definition) is 4. The number of carboxylic acids is 1. The Hall–Kier alpha value is -2.73. The summed E-state index contributed by atoms with van der Waals surface area (Å²) in [5, 5.41) is 12.0. The lowest BCUT2D eigenvalue weighted by molar-refractivity contribution is -0.131. The fourth-order valence-electron chi connectivity index (χ4n) is 2.01. The molecule has 1 amide bonds. The predicted molar refractivity (Wildman–Crippen MR) is 101 cm³/mol. The van der Waals surface area contributed by atoms with Crippen molar-refractivity contribution in [3.8, 4) is 5.75 Å². The Bertz CT molecular complexity index is 742. The molecule has 2 N–H and O–H groups in total. The Morgan fingerprint density at radius 1 is 1.12 bits per heavy atom. The summed E-state index contributed by atoms with van der Waals surface area (Å²) < 4.78 is 5.34. The van der Waals surface area contributed by atoms with Crippen LogP contribution in [-0.2, 0) is 9.59 Å². The van der Waals surface area contributed by atoms with Crippen molar-refractivity contribution < 1.29 is 19.4 Å². The number of carbonyl (C=O) groups excluding carboxylic acids is 1. The lowest BCUT2D eigenvalue weighted by atomic mass is 10.2. The first-order chi connectivity index (χ1) is 12.1. The fraction of sp³-hybridized carbons (Fsp3) is 0.158. The molecule has 130 valence electrons. The highest BCUT2D eigenvalue weighted by Gasteiger charge is 2.11. The molecule has 2 rings (SSSR count). The fourth-order valence-corrected chi connectivity index (χ4v) is 2.71. The van der Waals surface area contributed by atoms with Gasteiger partial charge in [-0.1, -0.05) is 30.3 Å². The third-order valence-corrected chi connectivity index (χ3v) is 4.13. The molecule has 0 spiro atoms. The molecule has 0 atom stereocenters. The summed E-state index contributed by atoms with van der Waals surface area (Å²) >= 11 is 0.988. The smallest absolute Gasteiger partial charge is 0.342 e. The number of nitrogens with one attached hydrogen (secondary N) is 1. The van der Waals surface area contributed by atoms with Gasteiger partial charge in [-0.15, -0.1) is 11.8 Å². The topological polar surface area (TPSA) is 75.6 Å². The highest BCUT2D eigenvalue weighted by atomic mass is 32.2. The van der Waals surface area contributed by atoms with Crippen molar-refractivity contribution in [1.29, 1.82) is 0 Å². The molecule has 0 fully saturated rings. The molecule has 25 heavy (non-hydrogen) atoms. The van der Waals surface area contributed by atoms with Crippen LogP contribution in [0.25, 0.3) is 6.08 Å². The highest BCUT2D eigenvalue weighted by molar-refractivity contribution is 8.04. The van der Waals surface area contributed by atoms with E-state index in [1.807, 2.05) is 37.3 Å². The second-order valence-corrected chi connectivity index (χ2v) is 6.04. The molecule has 0 heterocycles. The van der Waals surface area contributed by atoms with Gasteiger partial charge < -0.3 is 15.2 Å². The number of carbonyl (C=O) groups is 2. The third-order valence-electron chi connectivity index (χ3n) is 3.12. The zero-order chi connectivity index (χ0) is 18.1. The van der Waals surface area contributed by atoms with Crippen LogP contribution in [-0.4, -0.2) is 29.3 Å². The van der Waals surface area contributed by atoms with Crippen molar-refractivity contribution in [3.05, 3.63) is 65.1 Å². The molecular weight excluding hydrogens is 338 g/mol. The predicted octanol–water partition coefficient (Wildman–Crippen LogP) is 3.88. The third kappa shape index (κ3) is 6.35. The second kappa shape index (κ2) is 9.54. The second-order valence-electron chi connectivity index (χ2n) is 5.02. The van der Waals surface area contributed by atoms with Crippen LogP contribution in [0.1, 0.15) is 12.5 Å². The number of rotatable bonds is 8. The summed E-state index contributed by atoms with van der Waals surface area (Å²) in [6.07, 6.45) is 1.55. The van der Waals surface area contributed by atoms with Crippen molar-refractivity contribution in [2.24, 2.45) is 0 Å². The van der Waals surface area contributed by atoms with Crippen LogP contribution in [0.5, 0.6) is 5.75 Å². The van der Waals surface area contributed by atoms with Gasteiger partial charge in [-0.3, -0.25) is 4.79 Å². The molecule has 0 aliphatic rings. The highest BCUT2D eigenvalue weighted by Crippen LogP contribution is 2.21. The maximum absolute atomic E-state index is 12.0. The summed E-state index contributed by atoms with van der Waals surface area (Å²) in [6, 6.07) is 16.1. The summed E-state index contributed by atoms with van der Waals surface area (Å²) in [6.45, 7) is 2.48. The van der Waals surface area contributed by atoms with Crippen molar-refractivity contribution in [2.45, 2.75) is 6.92 Å². The van der Waals surface area contributed by atoms with E-state index in [2.05, 4.69) is 5.32 Å². The first-order valence-electron chi connectivity index (χ1n) is 7.74. The number of benzene rings is 2. The Morgan fingerprint density at radius 2 is 1.80 bits per heavy atom.